The number of amides is 1. The van der Waals surface area contributed by atoms with Gasteiger partial charge in [-0.2, -0.15) is 0 Å². The summed E-state index contributed by atoms with van der Waals surface area (Å²) >= 11 is 0. The summed E-state index contributed by atoms with van der Waals surface area (Å²) in [6, 6.07) is 9.75. The van der Waals surface area contributed by atoms with Crippen LogP contribution in [0.15, 0.2) is 30.3 Å². The number of hydrogen-bond acceptors (Lipinski definition) is 2. The van der Waals surface area contributed by atoms with E-state index in [1.54, 1.807) is 5.01 Å². The second-order valence-electron chi connectivity index (χ2n) is 3.45. The quantitative estimate of drug-likeness (QED) is 0.677. The third kappa shape index (κ3) is 1.77. The molecule has 14 heavy (non-hydrogen) atoms. The van der Waals surface area contributed by atoms with Gasteiger partial charge in [-0.05, 0) is 25.0 Å². The first kappa shape index (κ1) is 9.21. The van der Waals surface area contributed by atoms with E-state index in [0.29, 0.717) is 0 Å². The van der Waals surface area contributed by atoms with E-state index in [-0.39, 0.29) is 0 Å². The van der Waals surface area contributed by atoms with Crippen LogP contribution in [0.3, 0.4) is 0 Å². The lowest BCUT2D eigenvalue weighted by atomic mass is 10.3. The molecule has 0 bridgehead atoms. The molecule has 1 aromatic rings. The van der Waals surface area contributed by atoms with Crippen LogP contribution in [0.5, 0.6) is 0 Å². The zero-order valence-electron chi connectivity index (χ0n) is 8.10. The first-order valence-corrected chi connectivity index (χ1v) is 4.96. The molecule has 0 radical (unpaired) electrons. The minimum absolute atomic E-state index is 0.890. The maximum atomic E-state index is 11.0. The highest BCUT2D eigenvalue weighted by molar-refractivity contribution is 5.73. The highest BCUT2D eigenvalue weighted by Crippen LogP contribution is 2.18. The van der Waals surface area contributed by atoms with Crippen LogP contribution >= 0.6 is 0 Å². The first-order valence-electron chi connectivity index (χ1n) is 4.96. The topological polar surface area (TPSA) is 23.6 Å². The Bertz CT molecular complexity index is 293. The van der Waals surface area contributed by atoms with Gasteiger partial charge in [0.15, 0.2) is 0 Å². The molecule has 0 aliphatic carbocycles. The average molecular weight is 190 g/mol. The molecule has 1 fully saturated rings. The summed E-state index contributed by atoms with van der Waals surface area (Å²) in [7, 11) is 0. The number of benzene rings is 1. The summed E-state index contributed by atoms with van der Waals surface area (Å²) in [6.07, 6.45) is 3.25. The van der Waals surface area contributed by atoms with E-state index < -0.39 is 0 Å². The van der Waals surface area contributed by atoms with Crippen molar-refractivity contribution in [2.75, 3.05) is 18.1 Å². The molecule has 3 nitrogen and oxygen atoms in total. The Kier molecular flexibility index (Phi) is 2.79. The lowest BCUT2D eigenvalue weighted by molar-refractivity contribution is -0.109. The second-order valence-corrected chi connectivity index (χ2v) is 3.45. The van der Waals surface area contributed by atoms with E-state index in [9.17, 15) is 4.79 Å². The maximum Gasteiger partial charge on any atom is 0.228 e. The number of hydrogen-bond donors (Lipinski definition) is 0. The molecule has 1 saturated heterocycles. The van der Waals surface area contributed by atoms with Crippen LogP contribution < -0.4 is 5.01 Å². The standard InChI is InChI=1S/C11H14N2O/c14-10-13(12-8-4-5-9-12)11-6-2-1-3-7-11/h1-3,6-7,10H,4-5,8-9H2. The van der Waals surface area contributed by atoms with Crippen molar-refractivity contribution >= 4 is 12.1 Å². The van der Waals surface area contributed by atoms with Crippen molar-refractivity contribution < 1.29 is 4.79 Å². The normalized spacial score (nSPS) is 16.9. The van der Waals surface area contributed by atoms with E-state index in [1.165, 1.54) is 12.8 Å². The van der Waals surface area contributed by atoms with Crippen LogP contribution in [0, 0.1) is 0 Å². The van der Waals surface area contributed by atoms with Gasteiger partial charge in [-0.3, -0.25) is 4.79 Å². The Morgan fingerprint density at radius 1 is 1.14 bits per heavy atom. The smallest absolute Gasteiger partial charge is 0.228 e. The van der Waals surface area contributed by atoms with Gasteiger partial charge in [-0.25, -0.2) is 10.0 Å². The van der Waals surface area contributed by atoms with Gasteiger partial charge in [-0.1, -0.05) is 18.2 Å². The molecule has 74 valence electrons. The molecule has 0 atom stereocenters. The Morgan fingerprint density at radius 2 is 1.79 bits per heavy atom. The fraction of sp³-hybridized carbons (Fsp3) is 0.364. The third-order valence-electron chi connectivity index (χ3n) is 2.51. The van der Waals surface area contributed by atoms with Crippen molar-refractivity contribution in [1.29, 1.82) is 0 Å². The van der Waals surface area contributed by atoms with Gasteiger partial charge in [0.05, 0.1) is 5.69 Å². The number of anilines is 1. The highest BCUT2D eigenvalue weighted by Gasteiger charge is 2.18. The van der Waals surface area contributed by atoms with Crippen LogP contribution in [-0.2, 0) is 4.79 Å². The first-order chi connectivity index (χ1) is 6.92. The largest absolute Gasteiger partial charge is 0.277 e. The highest BCUT2D eigenvalue weighted by atomic mass is 16.1. The van der Waals surface area contributed by atoms with Gasteiger partial charge in [0.1, 0.15) is 0 Å². The molecule has 3 heteroatoms. The van der Waals surface area contributed by atoms with Crippen molar-refractivity contribution in [3.05, 3.63) is 30.3 Å². The van der Waals surface area contributed by atoms with Gasteiger partial charge < -0.3 is 0 Å². The Hall–Kier alpha value is -1.35. The fourth-order valence-electron chi connectivity index (χ4n) is 1.79. The molecule has 1 aliphatic heterocycles. The monoisotopic (exact) mass is 190 g/mol. The molecule has 0 spiro atoms. The summed E-state index contributed by atoms with van der Waals surface area (Å²) in [5.41, 5.74) is 0.949. The second kappa shape index (κ2) is 4.24. The van der Waals surface area contributed by atoms with Crippen LogP contribution in [-0.4, -0.2) is 24.5 Å². The molecule has 0 saturated carbocycles. The predicted molar refractivity (Wildman–Crippen MR) is 55.8 cm³/mol. The molecule has 2 rings (SSSR count). The predicted octanol–water partition coefficient (Wildman–Crippen LogP) is 1.66. The van der Waals surface area contributed by atoms with Crippen LogP contribution in [0.4, 0.5) is 5.69 Å². The summed E-state index contributed by atoms with van der Waals surface area (Å²) in [5, 5.41) is 3.79. The van der Waals surface area contributed by atoms with E-state index in [2.05, 4.69) is 5.01 Å². The van der Waals surface area contributed by atoms with Crippen molar-refractivity contribution in [2.45, 2.75) is 12.8 Å². The minimum Gasteiger partial charge on any atom is -0.277 e. The molecule has 0 unspecified atom stereocenters. The van der Waals surface area contributed by atoms with Gasteiger partial charge in [-0.15, -0.1) is 0 Å². The van der Waals surface area contributed by atoms with Gasteiger partial charge in [0, 0.05) is 13.1 Å². The molecule has 0 N–H and O–H groups in total. The maximum absolute atomic E-state index is 11.0. The zero-order chi connectivity index (χ0) is 9.80. The lowest BCUT2D eigenvalue weighted by Gasteiger charge is -2.27. The van der Waals surface area contributed by atoms with Gasteiger partial charge in [0.2, 0.25) is 6.41 Å². The minimum atomic E-state index is 0.890. The fourth-order valence-corrected chi connectivity index (χ4v) is 1.79. The molecular formula is C11H14N2O. The number of hydrazine groups is 1. The molecular weight excluding hydrogens is 176 g/mol. The summed E-state index contributed by atoms with van der Waals surface area (Å²) < 4.78 is 0. The molecule has 1 heterocycles. The van der Waals surface area contributed by atoms with Gasteiger partial charge in [0.25, 0.3) is 0 Å². The SMILES string of the molecule is O=CN(c1ccccc1)N1CCCC1. The van der Waals surface area contributed by atoms with Crippen LogP contribution in [0.2, 0.25) is 0 Å². The Balaban J connectivity index is 2.16. The van der Waals surface area contributed by atoms with E-state index in [0.717, 1.165) is 25.2 Å². The van der Waals surface area contributed by atoms with Crippen molar-refractivity contribution in [3.8, 4) is 0 Å². The average Bonchev–Trinajstić information content (AvgIpc) is 2.74. The third-order valence-corrected chi connectivity index (χ3v) is 2.51. The van der Waals surface area contributed by atoms with E-state index in [1.807, 2.05) is 30.3 Å². The molecule has 0 aromatic heterocycles. The van der Waals surface area contributed by atoms with Crippen molar-refractivity contribution in [1.82, 2.24) is 5.01 Å². The number of carbonyl (C=O) groups is 1. The number of para-hydroxylation sites is 1. The molecule has 1 aliphatic rings. The number of nitrogens with zero attached hydrogens (tertiary/aromatic N) is 2. The lowest BCUT2D eigenvalue weighted by Crippen LogP contribution is -2.39. The Morgan fingerprint density at radius 3 is 2.36 bits per heavy atom. The number of rotatable bonds is 3. The number of carbonyl (C=O) groups excluding carboxylic acids is 1. The van der Waals surface area contributed by atoms with Crippen LogP contribution in [0.25, 0.3) is 0 Å². The van der Waals surface area contributed by atoms with Crippen molar-refractivity contribution in [3.63, 3.8) is 0 Å². The summed E-state index contributed by atoms with van der Waals surface area (Å²) in [5.74, 6) is 0. The summed E-state index contributed by atoms with van der Waals surface area (Å²) in [6.45, 7) is 1.96. The molecule has 1 aromatic carbocycles. The van der Waals surface area contributed by atoms with Gasteiger partial charge >= 0.3 is 0 Å². The molecule has 1 amide bonds. The summed E-state index contributed by atoms with van der Waals surface area (Å²) in [4.78, 5) is 11.0. The van der Waals surface area contributed by atoms with Crippen molar-refractivity contribution in [2.24, 2.45) is 0 Å². The Labute approximate surface area is 83.9 Å². The van der Waals surface area contributed by atoms with E-state index in [4.69, 9.17) is 0 Å². The van der Waals surface area contributed by atoms with E-state index >= 15 is 0 Å². The van der Waals surface area contributed by atoms with Crippen LogP contribution in [0.1, 0.15) is 12.8 Å². The zero-order valence-corrected chi connectivity index (χ0v) is 8.10.